The standard InChI is InChI=1S/C26H38ClN3O6S/c1-25(2,3)36-24(33)28-17-19-9-11-20(27)16-18(19)10-12-22(31)21-8-7-15-30(21)23(32)26(13-5-6-14-26)29-37(4,34)35/h9,11,16,21,29H,5-8,10,12-15,17H2,1-4H3,(H,28,33)/t21-/m0/s1. The number of ether oxygens (including phenoxy) is 1. The summed E-state index contributed by atoms with van der Waals surface area (Å²) in [5.41, 5.74) is -0.120. The van der Waals surface area contributed by atoms with Crippen LogP contribution in [0.5, 0.6) is 0 Å². The van der Waals surface area contributed by atoms with Gasteiger partial charge in [-0.1, -0.05) is 30.5 Å². The van der Waals surface area contributed by atoms with Crippen LogP contribution in [0.25, 0.3) is 0 Å². The van der Waals surface area contributed by atoms with Gasteiger partial charge in [-0.3, -0.25) is 9.59 Å². The Morgan fingerprint density at radius 3 is 2.43 bits per heavy atom. The molecule has 1 aromatic carbocycles. The van der Waals surface area contributed by atoms with Gasteiger partial charge >= 0.3 is 6.09 Å². The minimum Gasteiger partial charge on any atom is -0.444 e. The van der Waals surface area contributed by atoms with E-state index in [0.29, 0.717) is 43.7 Å². The number of carbonyl (C=O) groups is 3. The number of rotatable bonds is 9. The largest absolute Gasteiger partial charge is 0.444 e. The van der Waals surface area contributed by atoms with Crippen LogP contribution in [0.1, 0.15) is 76.8 Å². The van der Waals surface area contributed by atoms with Gasteiger partial charge in [-0.25, -0.2) is 13.2 Å². The van der Waals surface area contributed by atoms with E-state index in [1.807, 2.05) is 6.07 Å². The molecule has 1 saturated heterocycles. The molecule has 9 nitrogen and oxygen atoms in total. The van der Waals surface area contributed by atoms with Crippen LogP contribution in [-0.4, -0.2) is 61.1 Å². The van der Waals surface area contributed by atoms with Gasteiger partial charge in [0.05, 0.1) is 12.3 Å². The van der Waals surface area contributed by atoms with E-state index in [0.717, 1.165) is 30.2 Å². The maximum atomic E-state index is 13.6. The van der Waals surface area contributed by atoms with E-state index in [9.17, 15) is 22.8 Å². The predicted molar refractivity (Wildman–Crippen MR) is 142 cm³/mol. The second-order valence-electron chi connectivity index (χ2n) is 11.1. The van der Waals surface area contributed by atoms with E-state index in [1.165, 1.54) is 0 Å². The average Bonchev–Trinajstić information content (AvgIpc) is 3.44. The zero-order valence-electron chi connectivity index (χ0n) is 22.1. The molecule has 1 aliphatic carbocycles. The van der Waals surface area contributed by atoms with Crippen LogP contribution in [0.3, 0.4) is 0 Å². The summed E-state index contributed by atoms with van der Waals surface area (Å²) in [5.74, 6) is -0.361. The van der Waals surface area contributed by atoms with Gasteiger partial charge in [-0.05, 0) is 76.1 Å². The number of ketones is 1. The quantitative estimate of drug-likeness (QED) is 0.479. The van der Waals surface area contributed by atoms with Crippen molar-refractivity contribution in [3.8, 4) is 0 Å². The molecule has 2 fully saturated rings. The lowest BCUT2D eigenvalue weighted by atomic mass is 9.95. The van der Waals surface area contributed by atoms with Gasteiger partial charge in [0.25, 0.3) is 0 Å². The van der Waals surface area contributed by atoms with Crippen molar-refractivity contribution < 1.29 is 27.5 Å². The highest BCUT2D eigenvalue weighted by atomic mass is 35.5. The summed E-state index contributed by atoms with van der Waals surface area (Å²) in [6, 6.07) is 4.74. The number of Topliss-reactive ketones (excluding diaryl/α,β-unsaturated/α-hetero) is 1. The number of nitrogens with one attached hydrogen (secondary N) is 2. The summed E-state index contributed by atoms with van der Waals surface area (Å²) in [7, 11) is -3.59. The van der Waals surface area contributed by atoms with Gasteiger partial charge in [-0.2, -0.15) is 4.72 Å². The van der Waals surface area contributed by atoms with Gasteiger partial charge in [0, 0.05) is 24.5 Å². The van der Waals surface area contributed by atoms with E-state index in [2.05, 4.69) is 10.0 Å². The fraction of sp³-hybridized carbons (Fsp3) is 0.654. The van der Waals surface area contributed by atoms with Gasteiger partial charge in [0.1, 0.15) is 11.1 Å². The molecule has 0 radical (unpaired) electrons. The Kier molecular flexibility index (Phi) is 9.29. The number of aryl methyl sites for hydroxylation is 1. The SMILES string of the molecule is CC(C)(C)OC(=O)NCc1ccc(Cl)cc1CCC(=O)[C@@H]1CCCN1C(=O)C1(NS(C)(=O)=O)CCCC1. The first kappa shape index (κ1) is 29.4. The molecule has 1 saturated carbocycles. The van der Waals surface area contributed by atoms with Crippen LogP contribution >= 0.6 is 11.6 Å². The van der Waals surface area contributed by atoms with Crippen molar-refractivity contribution in [3.63, 3.8) is 0 Å². The lowest BCUT2D eigenvalue weighted by molar-refractivity contribution is -0.142. The molecule has 11 heteroatoms. The summed E-state index contributed by atoms with van der Waals surface area (Å²) in [6.07, 6.45) is 4.77. The molecule has 1 heterocycles. The molecule has 1 atom stereocenters. The number of benzene rings is 1. The molecule has 3 rings (SSSR count). The summed E-state index contributed by atoms with van der Waals surface area (Å²) in [6.45, 7) is 6.02. The number of sulfonamides is 1. The van der Waals surface area contributed by atoms with Crippen LogP contribution in [0.2, 0.25) is 5.02 Å². The fourth-order valence-corrected chi connectivity index (χ4v) is 6.41. The normalized spacial score (nSPS) is 19.6. The third-order valence-electron chi connectivity index (χ3n) is 6.76. The van der Waals surface area contributed by atoms with Crippen molar-refractivity contribution >= 4 is 39.4 Å². The number of alkyl carbamates (subject to hydrolysis) is 1. The van der Waals surface area contributed by atoms with Gasteiger partial charge in [0.15, 0.2) is 5.78 Å². The molecular weight excluding hydrogens is 518 g/mol. The maximum absolute atomic E-state index is 13.6. The van der Waals surface area contributed by atoms with Crippen molar-refractivity contribution in [2.75, 3.05) is 12.8 Å². The molecule has 0 spiro atoms. The lowest BCUT2D eigenvalue weighted by Gasteiger charge is -2.35. The Balaban J connectivity index is 1.67. The number of likely N-dealkylation sites (tertiary alicyclic amines) is 1. The van der Waals surface area contributed by atoms with Crippen molar-refractivity contribution in [1.29, 1.82) is 0 Å². The average molecular weight is 556 g/mol. The number of hydrogen-bond acceptors (Lipinski definition) is 6. The smallest absolute Gasteiger partial charge is 0.407 e. The minimum atomic E-state index is -3.59. The predicted octanol–water partition coefficient (Wildman–Crippen LogP) is 3.72. The van der Waals surface area contributed by atoms with Gasteiger partial charge < -0.3 is 15.0 Å². The molecule has 37 heavy (non-hydrogen) atoms. The van der Waals surface area contributed by atoms with Crippen LogP contribution in [0.15, 0.2) is 18.2 Å². The molecule has 1 aliphatic heterocycles. The fourth-order valence-electron chi connectivity index (χ4n) is 5.22. The highest BCUT2D eigenvalue weighted by Crippen LogP contribution is 2.35. The van der Waals surface area contributed by atoms with E-state index >= 15 is 0 Å². The van der Waals surface area contributed by atoms with E-state index < -0.39 is 33.3 Å². The van der Waals surface area contributed by atoms with Crippen LogP contribution in [-0.2, 0) is 37.3 Å². The molecular formula is C26H38ClN3O6S. The Morgan fingerprint density at radius 2 is 1.81 bits per heavy atom. The maximum Gasteiger partial charge on any atom is 0.407 e. The molecule has 0 aromatic heterocycles. The summed E-state index contributed by atoms with van der Waals surface area (Å²) >= 11 is 6.21. The van der Waals surface area contributed by atoms with Crippen LogP contribution in [0.4, 0.5) is 4.79 Å². The van der Waals surface area contributed by atoms with E-state index in [4.69, 9.17) is 16.3 Å². The Hall–Kier alpha value is -2.17. The lowest BCUT2D eigenvalue weighted by Crippen LogP contribution is -2.59. The molecule has 0 bridgehead atoms. The number of halogens is 1. The monoisotopic (exact) mass is 555 g/mol. The van der Waals surface area contributed by atoms with E-state index in [-0.39, 0.29) is 24.7 Å². The number of carbonyl (C=O) groups excluding carboxylic acids is 3. The second kappa shape index (κ2) is 11.7. The molecule has 2 aliphatic rings. The zero-order chi connectivity index (χ0) is 27.4. The first-order valence-corrected chi connectivity index (χ1v) is 15.0. The van der Waals surface area contributed by atoms with Gasteiger partial charge in [0.2, 0.25) is 15.9 Å². The summed E-state index contributed by atoms with van der Waals surface area (Å²) in [4.78, 5) is 40.5. The van der Waals surface area contributed by atoms with E-state index in [1.54, 1.807) is 37.8 Å². The van der Waals surface area contributed by atoms with Crippen molar-refractivity contribution in [2.24, 2.45) is 0 Å². The molecule has 2 amide bonds. The number of hydrogen-bond donors (Lipinski definition) is 2. The first-order valence-electron chi connectivity index (χ1n) is 12.8. The second-order valence-corrected chi connectivity index (χ2v) is 13.2. The third kappa shape index (κ3) is 8.15. The topological polar surface area (TPSA) is 122 Å². The van der Waals surface area contributed by atoms with Crippen molar-refractivity contribution in [1.82, 2.24) is 14.9 Å². The molecule has 2 N–H and O–H groups in total. The Morgan fingerprint density at radius 1 is 1.14 bits per heavy atom. The molecule has 0 unspecified atom stereocenters. The minimum absolute atomic E-state index is 0.0654. The highest BCUT2D eigenvalue weighted by molar-refractivity contribution is 7.88. The Labute approximate surface area is 224 Å². The number of amides is 2. The van der Waals surface area contributed by atoms with Gasteiger partial charge in [-0.15, -0.1) is 0 Å². The van der Waals surface area contributed by atoms with Crippen molar-refractivity contribution in [2.45, 2.75) is 95.9 Å². The summed E-state index contributed by atoms with van der Waals surface area (Å²) in [5, 5.41) is 3.26. The summed E-state index contributed by atoms with van der Waals surface area (Å²) < 4.78 is 31.9. The first-order chi connectivity index (χ1) is 17.2. The third-order valence-corrected chi connectivity index (χ3v) is 7.76. The molecule has 1 aromatic rings. The van der Waals surface area contributed by atoms with Crippen LogP contribution in [0, 0.1) is 0 Å². The number of nitrogens with zero attached hydrogens (tertiary/aromatic N) is 1. The highest BCUT2D eigenvalue weighted by Gasteiger charge is 2.48. The molecule has 206 valence electrons. The van der Waals surface area contributed by atoms with Crippen molar-refractivity contribution in [3.05, 3.63) is 34.3 Å². The Bertz CT molecular complexity index is 1130. The van der Waals surface area contributed by atoms with Crippen LogP contribution < -0.4 is 10.0 Å². The zero-order valence-corrected chi connectivity index (χ0v) is 23.6.